The van der Waals surface area contributed by atoms with Crippen molar-refractivity contribution in [3.8, 4) is 12.0 Å². The molecule has 2 heteroatoms. The molecule has 1 aromatic rings. The van der Waals surface area contributed by atoms with Crippen LogP contribution in [0.2, 0.25) is 5.02 Å². The second-order valence-corrected chi connectivity index (χ2v) is 4.90. The molecule has 102 valence electrons. The molecule has 0 atom stereocenters. The van der Waals surface area contributed by atoms with Crippen molar-refractivity contribution in [2.24, 2.45) is 4.99 Å². The molecule has 0 saturated carbocycles. The lowest BCUT2D eigenvalue weighted by Crippen LogP contribution is -1.99. The third kappa shape index (κ3) is 5.94. The van der Waals surface area contributed by atoms with E-state index < -0.39 is 0 Å². The van der Waals surface area contributed by atoms with Gasteiger partial charge in [-0.05, 0) is 18.9 Å². The molecule has 0 amide bonds. The maximum atomic E-state index is 6.17. The van der Waals surface area contributed by atoms with Gasteiger partial charge in [0.05, 0.1) is 5.71 Å². The monoisotopic (exact) mass is 275 g/mol. The average Bonchev–Trinajstić information content (AvgIpc) is 2.43. The lowest BCUT2D eigenvalue weighted by Gasteiger charge is -2.03. The Hall–Kier alpha value is -1.26. The summed E-state index contributed by atoms with van der Waals surface area (Å²) in [5.41, 5.74) is 1.96. The van der Waals surface area contributed by atoms with Gasteiger partial charge in [-0.3, -0.25) is 0 Å². The van der Waals surface area contributed by atoms with Crippen molar-refractivity contribution in [1.29, 1.82) is 0 Å². The standard InChI is InChI=1S/C17H22ClN/c1-3-5-6-7-8-11-14-19-17(4-2)15-12-9-10-13-16(15)18/h9-10,12-13H,3-8H2,1-2H3. The summed E-state index contributed by atoms with van der Waals surface area (Å²) in [7, 11) is 0. The molecular weight excluding hydrogens is 254 g/mol. The third-order valence-electron chi connectivity index (χ3n) is 2.94. The fraction of sp³-hybridized carbons (Fsp3) is 0.471. The number of halogens is 1. The zero-order chi connectivity index (χ0) is 13.9. The maximum absolute atomic E-state index is 6.17. The number of aliphatic imine (C=N–C) groups is 1. The van der Waals surface area contributed by atoms with Gasteiger partial charge < -0.3 is 0 Å². The van der Waals surface area contributed by atoms with Crippen molar-refractivity contribution in [2.45, 2.75) is 52.4 Å². The molecule has 19 heavy (non-hydrogen) atoms. The van der Waals surface area contributed by atoms with Crippen molar-refractivity contribution in [1.82, 2.24) is 0 Å². The van der Waals surface area contributed by atoms with Crippen molar-refractivity contribution in [3.63, 3.8) is 0 Å². The molecule has 0 aliphatic heterocycles. The summed E-state index contributed by atoms with van der Waals surface area (Å²) in [5.74, 6) is 3.12. The summed E-state index contributed by atoms with van der Waals surface area (Å²) in [6.07, 6.45) is 6.77. The maximum Gasteiger partial charge on any atom is 0.0595 e. The van der Waals surface area contributed by atoms with E-state index in [0.29, 0.717) is 0 Å². The van der Waals surface area contributed by atoms with Gasteiger partial charge in [-0.25, -0.2) is 4.99 Å². The Morgan fingerprint density at radius 1 is 1.16 bits per heavy atom. The minimum Gasteiger partial charge on any atom is -0.202 e. The zero-order valence-corrected chi connectivity index (χ0v) is 12.6. The highest BCUT2D eigenvalue weighted by atomic mass is 35.5. The zero-order valence-electron chi connectivity index (χ0n) is 11.9. The van der Waals surface area contributed by atoms with Gasteiger partial charge in [0.15, 0.2) is 0 Å². The summed E-state index contributed by atoms with van der Waals surface area (Å²) in [5, 5.41) is 0.743. The molecule has 0 spiro atoms. The third-order valence-corrected chi connectivity index (χ3v) is 3.27. The van der Waals surface area contributed by atoms with Gasteiger partial charge in [-0.15, -0.1) is 0 Å². The molecule has 0 N–H and O–H groups in total. The fourth-order valence-electron chi connectivity index (χ4n) is 1.83. The van der Waals surface area contributed by atoms with Gasteiger partial charge in [0, 0.05) is 23.1 Å². The highest BCUT2D eigenvalue weighted by Crippen LogP contribution is 2.17. The first-order chi connectivity index (χ1) is 9.29. The van der Waals surface area contributed by atoms with Crippen LogP contribution in [0.1, 0.15) is 57.9 Å². The van der Waals surface area contributed by atoms with Gasteiger partial charge in [0.25, 0.3) is 0 Å². The molecule has 1 aromatic carbocycles. The Bertz CT molecular complexity index is 466. The number of nitrogens with zero attached hydrogens (tertiary/aromatic N) is 1. The SMILES string of the molecule is CCCCCCC#CN=C(CC)c1ccccc1Cl. The van der Waals surface area contributed by atoms with Gasteiger partial charge in [0.2, 0.25) is 0 Å². The minimum absolute atomic E-state index is 0.743. The van der Waals surface area contributed by atoms with Crippen LogP contribution in [0.3, 0.4) is 0 Å². The van der Waals surface area contributed by atoms with Crippen LogP contribution in [0.4, 0.5) is 0 Å². The Kier molecular flexibility index (Phi) is 8.02. The molecule has 1 rings (SSSR count). The van der Waals surface area contributed by atoms with E-state index in [-0.39, 0.29) is 0 Å². The number of rotatable bonds is 6. The van der Waals surface area contributed by atoms with Crippen LogP contribution in [0.5, 0.6) is 0 Å². The van der Waals surface area contributed by atoms with Crippen LogP contribution in [-0.2, 0) is 0 Å². The molecule has 0 bridgehead atoms. The first-order valence-corrected chi connectivity index (χ1v) is 7.46. The van der Waals surface area contributed by atoms with E-state index in [0.717, 1.165) is 29.1 Å². The molecule has 1 nitrogen and oxygen atoms in total. The van der Waals surface area contributed by atoms with Crippen molar-refractivity contribution in [3.05, 3.63) is 34.9 Å². The highest BCUT2D eigenvalue weighted by Gasteiger charge is 2.04. The van der Waals surface area contributed by atoms with Crippen LogP contribution >= 0.6 is 11.6 Å². The second kappa shape index (κ2) is 9.64. The van der Waals surface area contributed by atoms with Crippen LogP contribution < -0.4 is 0 Å². The van der Waals surface area contributed by atoms with Gasteiger partial charge >= 0.3 is 0 Å². The first-order valence-electron chi connectivity index (χ1n) is 7.08. The summed E-state index contributed by atoms with van der Waals surface area (Å²) in [4.78, 5) is 4.36. The van der Waals surface area contributed by atoms with E-state index in [2.05, 4.69) is 30.8 Å². The number of unbranched alkanes of at least 4 members (excludes halogenated alkanes) is 4. The lowest BCUT2D eigenvalue weighted by atomic mass is 10.1. The summed E-state index contributed by atoms with van der Waals surface area (Å²) in [6, 6.07) is 10.7. The quantitative estimate of drug-likeness (QED) is 0.371. The topological polar surface area (TPSA) is 12.4 Å². The molecule has 0 fully saturated rings. The number of hydrogen-bond donors (Lipinski definition) is 0. The van der Waals surface area contributed by atoms with E-state index in [9.17, 15) is 0 Å². The minimum atomic E-state index is 0.743. The molecule has 0 aliphatic carbocycles. The predicted molar refractivity (Wildman–Crippen MR) is 84.8 cm³/mol. The van der Waals surface area contributed by atoms with Gasteiger partial charge in [0.1, 0.15) is 0 Å². The second-order valence-electron chi connectivity index (χ2n) is 4.49. The lowest BCUT2D eigenvalue weighted by molar-refractivity contribution is 0.679. The summed E-state index contributed by atoms with van der Waals surface area (Å²) >= 11 is 6.17. The van der Waals surface area contributed by atoms with Crippen LogP contribution in [-0.4, -0.2) is 5.71 Å². The molecule has 0 heterocycles. The Morgan fingerprint density at radius 3 is 2.63 bits per heavy atom. The first kappa shape index (κ1) is 15.8. The van der Waals surface area contributed by atoms with Gasteiger partial charge in [-0.2, -0.15) is 0 Å². The van der Waals surface area contributed by atoms with E-state index >= 15 is 0 Å². The summed E-state index contributed by atoms with van der Waals surface area (Å²) < 4.78 is 0. The normalized spacial score (nSPS) is 11.0. The fourth-order valence-corrected chi connectivity index (χ4v) is 2.07. The van der Waals surface area contributed by atoms with E-state index in [1.807, 2.05) is 24.3 Å². The molecular formula is C17H22ClN. The molecule has 0 radical (unpaired) electrons. The van der Waals surface area contributed by atoms with Crippen molar-refractivity contribution >= 4 is 17.3 Å². The summed E-state index contributed by atoms with van der Waals surface area (Å²) in [6.45, 7) is 4.29. The molecule has 0 saturated heterocycles. The Balaban J connectivity index is 2.58. The molecule has 0 aromatic heterocycles. The van der Waals surface area contributed by atoms with E-state index in [1.54, 1.807) is 0 Å². The van der Waals surface area contributed by atoms with Crippen LogP contribution in [0.15, 0.2) is 29.3 Å². The molecule has 0 unspecified atom stereocenters. The average molecular weight is 276 g/mol. The van der Waals surface area contributed by atoms with Crippen molar-refractivity contribution in [2.75, 3.05) is 0 Å². The smallest absolute Gasteiger partial charge is 0.0595 e. The van der Waals surface area contributed by atoms with Crippen molar-refractivity contribution < 1.29 is 0 Å². The predicted octanol–water partition coefficient (Wildman–Crippen LogP) is 5.47. The number of hydrogen-bond acceptors (Lipinski definition) is 1. The highest BCUT2D eigenvalue weighted by molar-refractivity contribution is 6.34. The largest absolute Gasteiger partial charge is 0.202 e. The van der Waals surface area contributed by atoms with Gasteiger partial charge in [-0.1, -0.05) is 68.8 Å². The van der Waals surface area contributed by atoms with E-state index in [4.69, 9.17) is 11.6 Å². The van der Waals surface area contributed by atoms with Crippen LogP contribution in [0.25, 0.3) is 0 Å². The van der Waals surface area contributed by atoms with Crippen LogP contribution in [0, 0.1) is 12.0 Å². The molecule has 0 aliphatic rings. The number of benzene rings is 1. The Labute approximate surface area is 122 Å². The van der Waals surface area contributed by atoms with E-state index in [1.165, 1.54) is 25.7 Å². The Morgan fingerprint density at radius 2 is 1.95 bits per heavy atom.